The molecule has 0 saturated heterocycles. The predicted molar refractivity (Wildman–Crippen MR) is 130 cm³/mol. The summed E-state index contributed by atoms with van der Waals surface area (Å²) in [5, 5.41) is 1.41. The fourth-order valence-electron chi connectivity index (χ4n) is 5.29. The molecule has 0 bridgehead atoms. The molecule has 0 fully saturated rings. The van der Waals surface area contributed by atoms with Crippen LogP contribution in [0.3, 0.4) is 0 Å². The van der Waals surface area contributed by atoms with Crippen molar-refractivity contribution in [3.63, 3.8) is 0 Å². The zero-order valence-corrected chi connectivity index (χ0v) is 20.1. The van der Waals surface area contributed by atoms with Gasteiger partial charge >= 0.3 is 0 Å². The van der Waals surface area contributed by atoms with Crippen LogP contribution in [-0.2, 0) is 18.5 Å². The SMILES string of the molecule is CCCCCC[n+]1ccc2c(c1)C(C)(C)c1c[n+](CCCCCC)c3ccccc3c1-2. The average molecular weight is 417 g/mol. The van der Waals surface area contributed by atoms with Gasteiger partial charge in [-0.3, -0.25) is 0 Å². The Kier molecular flexibility index (Phi) is 6.74. The van der Waals surface area contributed by atoms with Gasteiger partial charge in [-0.15, -0.1) is 0 Å². The first-order valence-corrected chi connectivity index (χ1v) is 12.6. The smallest absolute Gasteiger partial charge is 0.205 e. The van der Waals surface area contributed by atoms with Crippen LogP contribution in [0.2, 0.25) is 0 Å². The summed E-state index contributed by atoms with van der Waals surface area (Å²) < 4.78 is 4.94. The molecular weight excluding hydrogens is 376 g/mol. The van der Waals surface area contributed by atoms with E-state index in [9.17, 15) is 0 Å². The Morgan fingerprint density at radius 3 is 2.19 bits per heavy atom. The molecule has 0 saturated carbocycles. The van der Waals surface area contributed by atoms with Gasteiger partial charge in [0.2, 0.25) is 5.52 Å². The minimum atomic E-state index is 0.0340. The Balaban J connectivity index is 1.73. The van der Waals surface area contributed by atoms with E-state index >= 15 is 0 Å². The monoisotopic (exact) mass is 416 g/mol. The van der Waals surface area contributed by atoms with Crippen molar-refractivity contribution in [1.82, 2.24) is 0 Å². The maximum Gasteiger partial charge on any atom is 0.213 e. The van der Waals surface area contributed by atoms with Crippen LogP contribution in [-0.4, -0.2) is 0 Å². The quantitative estimate of drug-likeness (QED) is 0.251. The summed E-state index contributed by atoms with van der Waals surface area (Å²) in [6, 6.07) is 11.4. The highest BCUT2D eigenvalue weighted by Crippen LogP contribution is 2.49. The predicted octanol–water partition coefficient (Wildman–Crippen LogP) is 6.88. The van der Waals surface area contributed by atoms with E-state index in [-0.39, 0.29) is 5.41 Å². The molecule has 0 aliphatic heterocycles. The Morgan fingerprint density at radius 2 is 1.45 bits per heavy atom. The lowest BCUT2D eigenvalue weighted by Gasteiger charge is -2.19. The van der Waals surface area contributed by atoms with Crippen LogP contribution in [0.1, 0.15) is 90.2 Å². The lowest BCUT2D eigenvalue weighted by Crippen LogP contribution is -2.37. The second-order valence-corrected chi connectivity index (χ2v) is 9.88. The molecule has 0 radical (unpaired) electrons. The molecular formula is C29H40N2+2. The van der Waals surface area contributed by atoms with Gasteiger partial charge in [0.15, 0.2) is 18.6 Å². The standard InChI is InChI=1S/C29H40N2/c1-5-7-9-13-18-30-20-17-23-25(21-30)29(3,4)26-22-31(19-14-10-8-6-2)27-16-12-11-15-24(27)28(23)26/h11-12,15-17,20-22H,5-10,13-14,18-19H2,1-4H3/q+2. The van der Waals surface area contributed by atoms with Crippen molar-refractivity contribution in [2.45, 2.75) is 97.6 Å². The van der Waals surface area contributed by atoms with Crippen LogP contribution in [0.5, 0.6) is 0 Å². The number of fused-ring (bicyclic) bond motifs is 5. The lowest BCUT2D eigenvalue weighted by molar-refractivity contribution is -0.697. The van der Waals surface area contributed by atoms with E-state index in [1.807, 2.05) is 0 Å². The summed E-state index contributed by atoms with van der Waals surface area (Å²) in [5.41, 5.74) is 7.26. The van der Waals surface area contributed by atoms with Crippen molar-refractivity contribution in [1.29, 1.82) is 0 Å². The van der Waals surface area contributed by atoms with Gasteiger partial charge in [0.1, 0.15) is 13.1 Å². The van der Waals surface area contributed by atoms with Gasteiger partial charge < -0.3 is 0 Å². The molecule has 1 aromatic carbocycles. The van der Waals surface area contributed by atoms with Gasteiger partial charge in [-0.05, 0) is 24.5 Å². The molecule has 1 aliphatic rings. The lowest BCUT2D eigenvalue weighted by atomic mass is 9.83. The Hall–Kier alpha value is -2.22. The number of nitrogens with zero attached hydrogens (tertiary/aromatic N) is 2. The van der Waals surface area contributed by atoms with Gasteiger partial charge in [0.25, 0.3) is 0 Å². The van der Waals surface area contributed by atoms with Crippen LogP contribution in [0.25, 0.3) is 22.0 Å². The number of pyridine rings is 2. The van der Waals surface area contributed by atoms with Crippen LogP contribution in [0, 0.1) is 0 Å². The zero-order chi connectivity index (χ0) is 21.8. The summed E-state index contributed by atoms with van der Waals surface area (Å²) in [5.74, 6) is 0. The number of benzene rings is 1. The molecule has 2 nitrogen and oxygen atoms in total. The van der Waals surface area contributed by atoms with Crippen molar-refractivity contribution in [3.8, 4) is 11.1 Å². The van der Waals surface area contributed by atoms with Gasteiger partial charge in [-0.2, -0.15) is 4.57 Å². The van der Waals surface area contributed by atoms with Crippen LogP contribution in [0.4, 0.5) is 0 Å². The molecule has 0 atom stereocenters. The summed E-state index contributed by atoms with van der Waals surface area (Å²) >= 11 is 0. The molecule has 0 unspecified atom stereocenters. The Morgan fingerprint density at radius 1 is 0.742 bits per heavy atom. The first-order valence-electron chi connectivity index (χ1n) is 12.6. The molecule has 3 aromatic rings. The normalized spacial score (nSPS) is 14.1. The molecule has 0 N–H and O–H groups in total. The second-order valence-electron chi connectivity index (χ2n) is 9.88. The molecule has 31 heavy (non-hydrogen) atoms. The Bertz CT molecular complexity index is 1050. The number of rotatable bonds is 10. The number of para-hydroxylation sites is 1. The molecule has 2 aromatic heterocycles. The minimum Gasteiger partial charge on any atom is -0.205 e. The van der Waals surface area contributed by atoms with E-state index in [4.69, 9.17) is 0 Å². The van der Waals surface area contributed by atoms with E-state index in [1.54, 1.807) is 0 Å². The Labute approximate surface area is 188 Å². The zero-order valence-electron chi connectivity index (χ0n) is 20.1. The fourth-order valence-corrected chi connectivity index (χ4v) is 5.29. The molecule has 0 amide bonds. The first-order chi connectivity index (χ1) is 15.1. The molecule has 0 spiro atoms. The van der Waals surface area contributed by atoms with Crippen molar-refractivity contribution in [3.05, 3.63) is 60.0 Å². The third-order valence-electron chi connectivity index (χ3n) is 7.19. The summed E-state index contributed by atoms with van der Waals surface area (Å²) in [6.45, 7) is 11.6. The van der Waals surface area contributed by atoms with E-state index in [0.29, 0.717) is 0 Å². The molecule has 164 valence electrons. The molecule has 2 heteroatoms. The van der Waals surface area contributed by atoms with E-state index in [2.05, 4.69) is 85.8 Å². The van der Waals surface area contributed by atoms with Gasteiger partial charge in [0.05, 0.1) is 5.39 Å². The van der Waals surface area contributed by atoms with E-state index in [1.165, 1.54) is 84.5 Å². The van der Waals surface area contributed by atoms with Crippen LogP contribution in [0.15, 0.2) is 48.9 Å². The van der Waals surface area contributed by atoms with Gasteiger partial charge in [-0.25, -0.2) is 4.57 Å². The van der Waals surface area contributed by atoms with Crippen molar-refractivity contribution in [2.24, 2.45) is 0 Å². The molecule has 1 aliphatic carbocycles. The highest BCUT2D eigenvalue weighted by atomic mass is 15.0. The second kappa shape index (κ2) is 9.51. The highest BCUT2D eigenvalue weighted by Gasteiger charge is 2.41. The third-order valence-corrected chi connectivity index (χ3v) is 7.19. The fraction of sp³-hybridized carbons (Fsp3) is 0.517. The summed E-state index contributed by atoms with van der Waals surface area (Å²) in [6.07, 6.45) is 17.6. The van der Waals surface area contributed by atoms with E-state index < -0.39 is 0 Å². The topological polar surface area (TPSA) is 7.76 Å². The van der Waals surface area contributed by atoms with Gasteiger partial charge in [0, 0.05) is 47.1 Å². The molecule has 2 heterocycles. The first kappa shape index (κ1) is 22.0. The highest BCUT2D eigenvalue weighted by molar-refractivity contribution is 5.98. The number of hydrogen-bond donors (Lipinski definition) is 0. The van der Waals surface area contributed by atoms with Crippen molar-refractivity contribution >= 4 is 10.9 Å². The van der Waals surface area contributed by atoms with Crippen molar-refractivity contribution in [2.75, 3.05) is 0 Å². The minimum absolute atomic E-state index is 0.0340. The number of hydrogen-bond acceptors (Lipinski definition) is 0. The number of aryl methyl sites for hydroxylation is 2. The maximum atomic E-state index is 2.52. The molecule has 4 rings (SSSR count). The third kappa shape index (κ3) is 4.27. The summed E-state index contributed by atoms with van der Waals surface area (Å²) in [7, 11) is 0. The maximum absolute atomic E-state index is 2.52. The van der Waals surface area contributed by atoms with Crippen molar-refractivity contribution < 1.29 is 9.13 Å². The number of unbranched alkanes of at least 4 members (excludes halogenated alkanes) is 6. The summed E-state index contributed by atoms with van der Waals surface area (Å²) in [4.78, 5) is 0. The van der Waals surface area contributed by atoms with Crippen LogP contribution >= 0.6 is 0 Å². The van der Waals surface area contributed by atoms with E-state index in [0.717, 1.165) is 13.1 Å². The van der Waals surface area contributed by atoms with Crippen LogP contribution < -0.4 is 9.13 Å². The van der Waals surface area contributed by atoms with Gasteiger partial charge in [-0.1, -0.05) is 65.5 Å². The largest absolute Gasteiger partial charge is 0.213 e. The number of aromatic nitrogens is 2. The average Bonchev–Trinajstić information content (AvgIpc) is 3.01.